The van der Waals surface area contributed by atoms with Crippen molar-refractivity contribution in [1.82, 2.24) is 4.98 Å². The zero-order valence-corrected chi connectivity index (χ0v) is 12.5. The first-order chi connectivity index (χ1) is 8.78. The van der Waals surface area contributed by atoms with Gasteiger partial charge in [0.2, 0.25) is 0 Å². The lowest BCUT2D eigenvalue weighted by atomic mass is 10.2. The lowest BCUT2D eigenvalue weighted by molar-refractivity contribution is 1.29. The van der Waals surface area contributed by atoms with Crippen molar-refractivity contribution in [2.45, 2.75) is 34.6 Å². The van der Waals surface area contributed by atoms with Crippen LogP contribution in [0.1, 0.15) is 45.9 Å². The van der Waals surface area contributed by atoms with Crippen LogP contribution in [0, 0.1) is 0 Å². The highest BCUT2D eigenvalue weighted by Gasteiger charge is 2.00. The minimum Gasteiger partial charge on any atom is -0.355 e. The second kappa shape index (κ2) is 11.7. The number of rotatable bonds is 3. The summed E-state index contributed by atoms with van der Waals surface area (Å²) in [5, 5.41) is 2.20. The van der Waals surface area contributed by atoms with Crippen LogP contribution in [0.3, 0.4) is 0 Å². The van der Waals surface area contributed by atoms with Gasteiger partial charge in [0.1, 0.15) is 0 Å². The summed E-state index contributed by atoms with van der Waals surface area (Å²) in [5.74, 6) is 0. The predicted molar refractivity (Wildman–Crippen MR) is 87.7 cm³/mol. The Morgan fingerprint density at radius 1 is 0.944 bits per heavy atom. The molecular weight excluding hydrogens is 218 g/mol. The van der Waals surface area contributed by atoms with Gasteiger partial charge in [-0.2, -0.15) is 0 Å². The molecule has 1 N–H and O–H groups in total. The van der Waals surface area contributed by atoms with Gasteiger partial charge in [-0.3, -0.25) is 0 Å². The third kappa shape index (κ3) is 4.62. The Bertz CT molecular complexity index is 472. The molecule has 100 valence electrons. The Hall–Kier alpha value is -1.76. The van der Waals surface area contributed by atoms with Crippen molar-refractivity contribution in [3.05, 3.63) is 47.6 Å². The Balaban J connectivity index is 0. The SMILES string of the molecule is C=C/C=c1/c(C=C)c(C=C)[nH]/c1=C/C.CC.CC. The summed E-state index contributed by atoms with van der Waals surface area (Å²) in [5.41, 5.74) is 2.08. The molecule has 1 heteroatoms. The van der Waals surface area contributed by atoms with Crippen molar-refractivity contribution in [3.8, 4) is 0 Å². The molecule has 0 unspecified atom stereocenters. The summed E-state index contributed by atoms with van der Waals surface area (Å²) >= 11 is 0. The van der Waals surface area contributed by atoms with Gasteiger partial charge in [-0.25, -0.2) is 0 Å². The molecule has 0 bridgehead atoms. The smallest absolute Gasteiger partial charge is 0.0458 e. The Morgan fingerprint density at radius 3 is 1.83 bits per heavy atom. The fourth-order valence-electron chi connectivity index (χ4n) is 1.48. The van der Waals surface area contributed by atoms with E-state index in [2.05, 4.69) is 24.7 Å². The molecule has 0 saturated carbocycles. The molecule has 0 fully saturated rings. The number of hydrogen-bond acceptors (Lipinski definition) is 0. The summed E-state index contributed by atoms with van der Waals surface area (Å²) in [6.07, 6.45) is 9.39. The number of hydrogen-bond donors (Lipinski definition) is 1. The molecule has 18 heavy (non-hydrogen) atoms. The summed E-state index contributed by atoms with van der Waals surface area (Å²) < 4.78 is 0. The summed E-state index contributed by atoms with van der Waals surface area (Å²) in [4.78, 5) is 3.26. The molecule has 0 saturated heterocycles. The van der Waals surface area contributed by atoms with Crippen molar-refractivity contribution in [2.24, 2.45) is 0 Å². The first-order valence-corrected chi connectivity index (χ1v) is 6.54. The molecule has 1 aromatic rings. The number of nitrogens with one attached hydrogen (secondary N) is 1. The Kier molecular flexibility index (Phi) is 12.1. The lowest BCUT2D eigenvalue weighted by Crippen LogP contribution is -2.23. The molecule has 0 aliphatic rings. The van der Waals surface area contributed by atoms with E-state index in [1.165, 1.54) is 0 Å². The molecule has 0 atom stereocenters. The van der Waals surface area contributed by atoms with Crippen molar-refractivity contribution in [3.63, 3.8) is 0 Å². The molecule has 1 nitrogen and oxygen atoms in total. The quantitative estimate of drug-likeness (QED) is 0.824. The third-order valence-electron chi connectivity index (χ3n) is 2.12. The Labute approximate surface area is 112 Å². The molecule has 0 spiro atoms. The molecule has 0 aliphatic heterocycles. The predicted octanol–water partition coefficient (Wildman–Crippen LogP) is 4.12. The standard InChI is InChI=1S/C13H15N.2C2H6/c1-5-9-11-10(6-2)12(7-3)14-13(11)8-4;2*1-2/h5-9,14H,1-3H2,4H3;2*1-2H3/b11-9-,13-8+;;. The van der Waals surface area contributed by atoms with Gasteiger partial charge in [0.15, 0.2) is 0 Å². The van der Waals surface area contributed by atoms with Gasteiger partial charge in [-0.15, -0.1) is 0 Å². The van der Waals surface area contributed by atoms with Gasteiger partial charge >= 0.3 is 0 Å². The first-order valence-electron chi connectivity index (χ1n) is 6.54. The van der Waals surface area contributed by atoms with Gasteiger partial charge in [0, 0.05) is 21.8 Å². The van der Waals surface area contributed by atoms with Crippen LogP contribution in [-0.2, 0) is 0 Å². The molecular formula is C17H27N. The zero-order valence-electron chi connectivity index (χ0n) is 12.5. The number of aromatic nitrogens is 1. The largest absolute Gasteiger partial charge is 0.355 e. The maximum atomic E-state index is 3.79. The minimum atomic E-state index is 1.00. The first kappa shape index (κ1) is 18.6. The molecule has 0 radical (unpaired) electrons. The monoisotopic (exact) mass is 245 g/mol. The van der Waals surface area contributed by atoms with Crippen molar-refractivity contribution in [1.29, 1.82) is 0 Å². The van der Waals surface area contributed by atoms with Crippen LogP contribution in [0.25, 0.3) is 24.3 Å². The fraction of sp³-hybridized carbons (Fsp3) is 0.294. The summed E-state index contributed by atoms with van der Waals surface area (Å²) in [6, 6.07) is 0. The Morgan fingerprint density at radius 2 is 1.50 bits per heavy atom. The molecule has 1 heterocycles. The average Bonchev–Trinajstić information content (AvgIpc) is 2.80. The zero-order chi connectivity index (χ0) is 14.6. The normalized spacial score (nSPS) is 10.7. The average molecular weight is 245 g/mol. The number of aromatic amines is 1. The van der Waals surface area contributed by atoms with E-state index in [0.29, 0.717) is 0 Å². The minimum absolute atomic E-state index is 1.00. The van der Waals surface area contributed by atoms with Crippen LogP contribution >= 0.6 is 0 Å². The highest BCUT2D eigenvalue weighted by molar-refractivity contribution is 5.64. The lowest BCUT2D eigenvalue weighted by Gasteiger charge is -1.88. The van der Waals surface area contributed by atoms with Gasteiger partial charge in [0.25, 0.3) is 0 Å². The fourth-order valence-corrected chi connectivity index (χ4v) is 1.48. The molecule has 0 amide bonds. The summed E-state index contributed by atoms with van der Waals surface area (Å²) in [7, 11) is 0. The molecule has 0 aliphatic carbocycles. The van der Waals surface area contributed by atoms with Crippen molar-refractivity contribution in [2.75, 3.05) is 0 Å². The second-order valence-electron chi connectivity index (χ2n) is 2.88. The topological polar surface area (TPSA) is 15.8 Å². The van der Waals surface area contributed by atoms with E-state index in [-0.39, 0.29) is 0 Å². The van der Waals surface area contributed by atoms with E-state index in [0.717, 1.165) is 21.8 Å². The van der Waals surface area contributed by atoms with Gasteiger partial charge in [-0.1, -0.05) is 71.7 Å². The highest BCUT2D eigenvalue weighted by atomic mass is 14.7. The summed E-state index contributed by atoms with van der Waals surface area (Å²) in [6.45, 7) is 21.2. The van der Waals surface area contributed by atoms with E-state index in [9.17, 15) is 0 Å². The van der Waals surface area contributed by atoms with E-state index in [4.69, 9.17) is 0 Å². The van der Waals surface area contributed by atoms with E-state index < -0.39 is 0 Å². The number of allylic oxidation sites excluding steroid dienone is 1. The van der Waals surface area contributed by atoms with Crippen LogP contribution in [0.2, 0.25) is 0 Å². The van der Waals surface area contributed by atoms with E-state index >= 15 is 0 Å². The van der Waals surface area contributed by atoms with Crippen LogP contribution in [-0.4, -0.2) is 4.98 Å². The maximum absolute atomic E-state index is 3.79. The third-order valence-corrected chi connectivity index (χ3v) is 2.12. The van der Waals surface area contributed by atoms with Crippen LogP contribution in [0.15, 0.2) is 25.8 Å². The molecule has 1 rings (SSSR count). The maximum Gasteiger partial charge on any atom is 0.0458 e. The van der Waals surface area contributed by atoms with Gasteiger partial charge < -0.3 is 4.98 Å². The molecule has 1 aromatic heterocycles. The molecule has 0 aromatic carbocycles. The van der Waals surface area contributed by atoms with Crippen molar-refractivity contribution >= 4 is 24.3 Å². The van der Waals surface area contributed by atoms with Crippen LogP contribution < -0.4 is 10.6 Å². The number of H-pyrrole nitrogens is 1. The van der Waals surface area contributed by atoms with Crippen LogP contribution in [0.5, 0.6) is 0 Å². The van der Waals surface area contributed by atoms with Gasteiger partial charge in [-0.05, 0) is 13.0 Å². The van der Waals surface area contributed by atoms with Gasteiger partial charge in [0.05, 0.1) is 0 Å². The van der Waals surface area contributed by atoms with Crippen molar-refractivity contribution < 1.29 is 0 Å². The van der Waals surface area contributed by atoms with Crippen LogP contribution in [0.4, 0.5) is 0 Å². The second-order valence-corrected chi connectivity index (χ2v) is 2.88. The van der Waals surface area contributed by atoms with E-state index in [1.54, 1.807) is 12.2 Å². The van der Waals surface area contributed by atoms with E-state index in [1.807, 2.05) is 52.8 Å². The highest BCUT2D eigenvalue weighted by Crippen LogP contribution is 2.01.